The summed E-state index contributed by atoms with van der Waals surface area (Å²) < 4.78 is 11.3. The van der Waals surface area contributed by atoms with Crippen LogP contribution < -0.4 is 20.5 Å². The number of ether oxygens (including phenoxy) is 2. The van der Waals surface area contributed by atoms with E-state index in [1.54, 1.807) is 0 Å². The SMILES string of the molecule is CC[C@@H](CO)NCc1cc(Br)c(OCC(N)=O)c(OC)c1. The number of carbonyl (C=O) groups excluding carboxylic acids is 1. The molecule has 0 saturated carbocycles. The quantitative estimate of drug-likeness (QED) is 0.614. The van der Waals surface area contributed by atoms with Gasteiger partial charge >= 0.3 is 0 Å². The average Bonchev–Trinajstić information content (AvgIpc) is 2.46. The highest BCUT2D eigenvalue weighted by Crippen LogP contribution is 2.36. The van der Waals surface area contributed by atoms with Crippen molar-refractivity contribution in [1.29, 1.82) is 0 Å². The minimum Gasteiger partial charge on any atom is -0.493 e. The van der Waals surface area contributed by atoms with Crippen molar-refractivity contribution in [3.8, 4) is 11.5 Å². The van der Waals surface area contributed by atoms with Gasteiger partial charge in [-0.3, -0.25) is 4.79 Å². The predicted molar refractivity (Wildman–Crippen MR) is 83.4 cm³/mol. The average molecular weight is 361 g/mol. The molecule has 7 heteroatoms. The fourth-order valence-electron chi connectivity index (χ4n) is 1.76. The molecule has 0 heterocycles. The lowest BCUT2D eigenvalue weighted by molar-refractivity contribution is -0.119. The van der Waals surface area contributed by atoms with Gasteiger partial charge in [-0.25, -0.2) is 0 Å². The van der Waals surface area contributed by atoms with Crippen LogP contribution >= 0.6 is 15.9 Å². The third-order valence-corrected chi connectivity index (χ3v) is 3.55. The van der Waals surface area contributed by atoms with E-state index in [4.69, 9.17) is 20.3 Å². The van der Waals surface area contributed by atoms with Gasteiger partial charge < -0.3 is 25.6 Å². The first-order valence-corrected chi connectivity index (χ1v) is 7.42. The first-order chi connectivity index (χ1) is 10.0. The Morgan fingerprint density at radius 3 is 2.76 bits per heavy atom. The van der Waals surface area contributed by atoms with Crippen LogP contribution in [-0.2, 0) is 11.3 Å². The molecule has 0 fully saturated rings. The van der Waals surface area contributed by atoms with E-state index in [9.17, 15) is 4.79 Å². The van der Waals surface area contributed by atoms with Crippen molar-refractivity contribution in [2.75, 3.05) is 20.3 Å². The van der Waals surface area contributed by atoms with Gasteiger partial charge in [0.2, 0.25) is 0 Å². The van der Waals surface area contributed by atoms with E-state index in [-0.39, 0.29) is 19.3 Å². The molecule has 0 aliphatic carbocycles. The summed E-state index contributed by atoms with van der Waals surface area (Å²) in [6.45, 7) is 2.47. The smallest absolute Gasteiger partial charge is 0.255 e. The number of rotatable bonds is 9. The van der Waals surface area contributed by atoms with Crippen LogP contribution in [0.15, 0.2) is 16.6 Å². The number of hydrogen-bond acceptors (Lipinski definition) is 5. The highest BCUT2D eigenvalue weighted by molar-refractivity contribution is 9.10. The van der Waals surface area contributed by atoms with E-state index in [0.717, 1.165) is 12.0 Å². The Balaban J connectivity index is 2.84. The number of hydrogen-bond donors (Lipinski definition) is 3. The van der Waals surface area contributed by atoms with Crippen LogP contribution in [0.3, 0.4) is 0 Å². The van der Waals surface area contributed by atoms with Gasteiger partial charge in [0.05, 0.1) is 18.2 Å². The molecule has 0 aromatic heterocycles. The number of carbonyl (C=O) groups is 1. The largest absolute Gasteiger partial charge is 0.493 e. The fraction of sp³-hybridized carbons (Fsp3) is 0.500. The molecule has 4 N–H and O–H groups in total. The molecular formula is C14H21BrN2O4. The maximum Gasteiger partial charge on any atom is 0.255 e. The molecular weight excluding hydrogens is 340 g/mol. The Labute approximate surface area is 132 Å². The molecule has 1 aromatic carbocycles. The fourth-order valence-corrected chi connectivity index (χ4v) is 2.36. The van der Waals surface area contributed by atoms with Gasteiger partial charge in [0.15, 0.2) is 18.1 Å². The number of benzene rings is 1. The molecule has 0 aliphatic rings. The Kier molecular flexibility index (Phi) is 7.49. The topological polar surface area (TPSA) is 93.8 Å². The van der Waals surface area contributed by atoms with E-state index in [2.05, 4.69) is 21.2 Å². The lowest BCUT2D eigenvalue weighted by Gasteiger charge is -2.16. The summed E-state index contributed by atoms with van der Waals surface area (Å²) in [5.41, 5.74) is 6.04. The first-order valence-electron chi connectivity index (χ1n) is 6.63. The summed E-state index contributed by atoms with van der Waals surface area (Å²) in [4.78, 5) is 10.8. The van der Waals surface area contributed by atoms with Crippen LogP contribution in [-0.4, -0.2) is 37.4 Å². The van der Waals surface area contributed by atoms with Crippen LogP contribution in [0.1, 0.15) is 18.9 Å². The van der Waals surface area contributed by atoms with Gasteiger partial charge in [-0.2, -0.15) is 0 Å². The molecule has 21 heavy (non-hydrogen) atoms. The van der Waals surface area contributed by atoms with E-state index < -0.39 is 5.91 Å². The molecule has 0 saturated heterocycles. The second-order valence-electron chi connectivity index (χ2n) is 4.53. The van der Waals surface area contributed by atoms with Crippen LogP contribution in [0, 0.1) is 0 Å². The normalized spacial score (nSPS) is 12.0. The number of halogens is 1. The number of primary amides is 1. The zero-order valence-electron chi connectivity index (χ0n) is 12.2. The van der Waals surface area contributed by atoms with Crippen molar-refractivity contribution < 1.29 is 19.4 Å². The molecule has 0 unspecified atom stereocenters. The van der Waals surface area contributed by atoms with Gasteiger partial charge in [-0.15, -0.1) is 0 Å². The first kappa shape index (κ1) is 17.7. The molecule has 1 rings (SSSR count). The highest BCUT2D eigenvalue weighted by atomic mass is 79.9. The van der Waals surface area contributed by atoms with Crippen molar-refractivity contribution >= 4 is 21.8 Å². The van der Waals surface area contributed by atoms with Crippen molar-refractivity contribution in [1.82, 2.24) is 5.32 Å². The van der Waals surface area contributed by atoms with E-state index in [0.29, 0.717) is 22.5 Å². The third-order valence-electron chi connectivity index (χ3n) is 2.96. The molecule has 0 spiro atoms. The molecule has 0 radical (unpaired) electrons. The number of amides is 1. The maximum atomic E-state index is 10.8. The Hall–Kier alpha value is -1.31. The van der Waals surface area contributed by atoms with Gasteiger partial charge in [-0.1, -0.05) is 6.92 Å². The molecule has 1 aromatic rings. The summed E-state index contributed by atoms with van der Waals surface area (Å²) in [7, 11) is 1.53. The molecule has 118 valence electrons. The van der Waals surface area contributed by atoms with Crippen molar-refractivity contribution in [3.63, 3.8) is 0 Å². The lowest BCUT2D eigenvalue weighted by atomic mass is 10.1. The zero-order valence-corrected chi connectivity index (χ0v) is 13.8. The highest BCUT2D eigenvalue weighted by Gasteiger charge is 2.13. The molecule has 1 amide bonds. The van der Waals surface area contributed by atoms with Crippen LogP contribution in [0.5, 0.6) is 11.5 Å². The second-order valence-corrected chi connectivity index (χ2v) is 5.39. The lowest BCUT2D eigenvalue weighted by Crippen LogP contribution is -2.31. The molecule has 6 nitrogen and oxygen atoms in total. The minimum atomic E-state index is -0.552. The van der Waals surface area contributed by atoms with Crippen LogP contribution in [0.2, 0.25) is 0 Å². The van der Waals surface area contributed by atoms with Crippen molar-refractivity contribution in [2.24, 2.45) is 5.73 Å². The number of aliphatic hydroxyl groups is 1. The molecule has 0 bridgehead atoms. The van der Waals surface area contributed by atoms with Crippen LogP contribution in [0.4, 0.5) is 0 Å². The third kappa shape index (κ3) is 5.53. The van der Waals surface area contributed by atoms with Crippen LogP contribution in [0.25, 0.3) is 0 Å². The van der Waals surface area contributed by atoms with Crippen molar-refractivity contribution in [2.45, 2.75) is 25.9 Å². The van der Waals surface area contributed by atoms with Gasteiger partial charge in [0.25, 0.3) is 5.91 Å². The standard InChI is InChI=1S/C14H21BrN2O4/c1-3-10(7-18)17-6-9-4-11(15)14(12(5-9)20-2)21-8-13(16)19/h4-5,10,17-18H,3,6-8H2,1-2H3,(H2,16,19)/t10-/m0/s1. The predicted octanol–water partition coefficient (Wildman–Crippen LogP) is 1.18. The summed E-state index contributed by atoms with van der Waals surface area (Å²) >= 11 is 3.40. The number of nitrogens with two attached hydrogens (primary N) is 1. The van der Waals surface area contributed by atoms with E-state index in [1.165, 1.54) is 7.11 Å². The number of nitrogens with one attached hydrogen (secondary N) is 1. The van der Waals surface area contributed by atoms with Gasteiger partial charge in [0, 0.05) is 12.6 Å². The number of methoxy groups -OCH3 is 1. The summed E-state index contributed by atoms with van der Waals surface area (Å²) in [5.74, 6) is 0.400. The summed E-state index contributed by atoms with van der Waals surface area (Å²) in [5, 5.41) is 12.4. The molecule has 1 atom stereocenters. The maximum absolute atomic E-state index is 10.8. The van der Waals surface area contributed by atoms with Gasteiger partial charge in [0.1, 0.15) is 0 Å². The zero-order chi connectivity index (χ0) is 15.8. The Morgan fingerprint density at radius 1 is 1.52 bits per heavy atom. The summed E-state index contributed by atoms with van der Waals surface area (Å²) in [6, 6.07) is 3.74. The monoisotopic (exact) mass is 360 g/mol. The Morgan fingerprint density at radius 2 is 2.24 bits per heavy atom. The molecule has 0 aliphatic heterocycles. The number of aliphatic hydroxyl groups excluding tert-OH is 1. The Bertz CT molecular complexity index is 478. The van der Waals surface area contributed by atoms with Crippen molar-refractivity contribution in [3.05, 3.63) is 22.2 Å². The van der Waals surface area contributed by atoms with Gasteiger partial charge in [-0.05, 0) is 40.0 Å². The van der Waals surface area contributed by atoms with E-state index >= 15 is 0 Å². The second kappa shape index (κ2) is 8.86. The minimum absolute atomic E-state index is 0.0561. The van der Waals surface area contributed by atoms with E-state index in [1.807, 2.05) is 19.1 Å². The summed E-state index contributed by atoms with van der Waals surface area (Å²) in [6.07, 6.45) is 0.842.